The molecule has 0 atom stereocenters. The van der Waals surface area contributed by atoms with Gasteiger partial charge in [-0.1, -0.05) is 6.07 Å². The van der Waals surface area contributed by atoms with Crippen molar-refractivity contribution in [3.05, 3.63) is 60.4 Å². The summed E-state index contributed by atoms with van der Waals surface area (Å²) in [5, 5.41) is 6.96. The number of amides is 1. The molecule has 0 aliphatic rings. The number of aromatic amines is 1. The summed E-state index contributed by atoms with van der Waals surface area (Å²) < 4.78 is 32.4. The molecule has 0 bridgehead atoms. The van der Waals surface area contributed by atoms with Gasteiger partial charge in [-0.2, -0.15) is 4.98 Å². The highest BCUT2D eigenvalue weighted by Crippen LogP contribution is 2.37. The lowest BCUT2D eigenvalue weighted by Crippen LogP contribution is -2.32. The minimum Gasteiger partial charge on any atom is -0.369 e. The van der Waals surface area contributed by atoms with Gasteiger partial charge in [0.25, 0.3) is 0 Å². The van der Waals surface area contributed by atoms with Gasteiger partial charge in [0.2, 0.25) is 11.9 Å². The molecule has 3 aromatic heterocycles. The molecule has 0 unspecified atom stereocenters. The SMILES string of the molecule is CCN(CCN(C)C)c1cc(F)c(Nc2nc(-c3cn(C)c4cccc(F)c34)c3cc[nH]c3n2)cc1NC(C)=O. The molecule has 40 heavy (non-hydrogen) atoms. The molecule has 0 saturated carbocycles. The molecule has 2 aromatic carbocycles. The highest BCUT2D eigenvalue weighted by atomic mass is 19.1. The van der Waals surface area contributed by atoms with Crippen molar-refractivity contribution >= 4 is 50.9 Å². The van der Waals surface area contributed by atoms with Crippen LogP contribution in [0.15, 0.2) is 48.8 Å². The number of likely N-dealkylation sites (N-methyl/N-ethyl adjacent to an activating group) is 2. The molecule has 208 valence electrons. The molecule has 5 aromatic rings. The van der Waals surface area contributed by atoms with E-state index in [1.54, 1.807) is 18.3 Å². The van der Waals surface area contributed by atoms with E-state index in [9.17, 15) is 9.18 Å². The second-order valence-electron chi connectivity index (χ2n) is 9.96. The zero-order valence-corrected chi connectivity index (χ0v) is 23.1. The Balaban J connectivity index is 1.59. The normalized spacial score (nSPS) is 11.5. The van der Waals surface area contributed by atoms with E-state index in [2.05, 4.69) is 20.6 Å². The number of anilines is 4. The van der Waals surface area contributed by atoms with Crippen molar-refractivity contribution in [3.8, 4) is 11.3 Å². The van der Waals surface area contributed by atoms with Gasteiger partial charge < -0.3 is 30.0 Å². The summed E-state index contributed by atoms with van der Waals surface area (Å²) in [4.78, 5) is 28.4. The fraction of sp³-hybridized carbons (Fsp3) is 0.276. The molecule has 0 spiro atoms. The molecule has 0 aliphatic carbocycles. The Bertz CT molecular complexity index is 1710. The molecule has 0 fully saturated rings. The number of rotatable bonds is 9. The van der Waals surface area contributed by atoms with E-state index < -0.39 is 5.82 Å². The monoisotopic (exact) mass is 546 g/mol. The van der Waals surface area contributed by atoms with Gasteiger partial charge >= 0.3 is 0 Å². The summed E-state index contributed by atoms with van der Waals surface area (Å²) in [5.41, 5.74) is 3.48. The molecule has 3 heterocycles. The average molecular weight is 547 g/mol. The quantitative estimate of drug-likeness (QED) is 0.227. The number of halogens is 2. The average Bonchev–Trinajstić information content (AvgIpc) is 3.51. The highest BCUT2D eigenvalue weighted by molar-refractivity contribution is 6.03. The summed E-state index contributed by atoms with van der Waals surface area (Å²) in [6.07, 6.45) is 3.55. The van der Waals surface area contributed by atoms with Crippen LogP contribution in [0.4, 0.5) is 31.8 Å². The first-order valence-electron chi connectivity index (χ1n) is 13.0. The Morgan fingerprint density at radius 1 is 1.07 bits per heavy atom. The summed E-state index contributed by atoms with van der Waals surface area (Å²) in [5.74, 6) is -1.04. The Morgan fingerprint density at radius 3 is 2.60 bits per heavy atom. The van der Waals surface area contributed by atoms with Crippen LogP contribution in [0.5, 0.6) is 0 Å². The van der Waals surface area contributed by atoms with Gasteiger partial charge in [-0.15, -0.1) is 0 Å². The van der Waals surface area contributed by atoms with Crippen molar-refractivity contribution in [1.82, 2.24) is 24.4 Å². The van der Waals surface area contributed by atoms with E-state index in [1.165, 1.54) is 19.1 Å². The number of aryl methyl sites for hydroxylation is 1. The van der Waals surface area contributed by atoms with Crippen LogP contribution in [-0.4, -0.2) is 64.1 Å². The highest BCUT2D eigenvalue weighted by Gasteiger charge is 2.20. The maximum Gasteiger partial charge on any atom is 0.229 e. The Morgan fingerprint density at radius 2 is 1.88 bits per heavy atom. The zero-order valence-electron chi connectivity index (χ0n) is 23.1. The summed E-state index contributed by atoms with van der Waals surface area (Å²) in [6, 6.07) is 9.70. The Hall–Kier alpha value is -4.51. The van der Waals surface area contributed by atoms with E-state index in [4.69, 9.17) is 4.98 Å². The third kappa shape index (κ3) is 5.20. The minimum atomic E-state index is -0.527. The summed E-state index contributed by atoms with van der Waals surface area (Å²) in [6.45, 7) is 5.43. The van der Waals surface area contributed by atoms with E-state index >= 15 is 4.39 Å². The predicted octanol–water partition coefficient (Wildman–Crippen LogP) is 5.48. The number of benzene rings is 2. The number of carbonyl (C=O) groups excluding carboxylic acids is 1. The van der Waals surface area contributed by atoms with Gasteiger partial charge in [0.15, 0.2) is 0 Å². The number of H-pyrrole nitrogens is 1. The first-order valence-corrected chi connectivity index (χ1v) is 13.0. The second kappa shape index (κ2) is 10.9. The number of carbonyl (C=O) groups is 1. The van der Waals surface area contributed by atoms with Crippen molar-refractivity contribution in [3.63, 3.8) is 0 Å². The van der Waals surface area contributed by atoms with Crippen LogP contribution < -0.4 is 15.5 Å². The van der Waals surface area contributed by atoms with Crippen LogP contribution >= 0.6 is 0 Å². The van der Waals surface area contributed by atoms with Crippen molar-refractivity contribution < 1.29 is 13.6 Å². The van der Waals surface area contributed by atoms with Crippen LogP contribution in [0.1, 0.15) is 13.8 Å². The Labute approximate surface area is 230 Å². The van der Waals surface area contributed by atoms with Crippen LogP contribution in [-0.2, 0) is 11.8 Å². The fourth-order valence-electron chi connectivity index (χ4n) is 4.88. The van der Waals surface area contributed by atoms with Gasteiger partial charge in [-0.25, -0.2) is 13.8 Å². The van der Waals surface area contributed by atoms with Crippen molar-refractivity contribution in [2.75, 3.05) is 49.3 Å². The summed E-state index contributed by atoms with van der Waals surface area (Å²) in [7, 11) is 5.79. The lowest BCUT2D eigenvalue weighted by Gasteiger charge is -2.27. The second-order valence-corrected chi connectivity index (χ2v) is 9.96. The smallest absolute Gasteiger partial charge is 0.229 e. The number of fused-ring (bicyclic) bond motifs is 2. The molecule has 11 heteroatoms. The van der Waals surface area contributed by atoms with Crippen LogP contribution in [0.3, 0.4) is 0 Å². The molecule has 3 N–H and O–H groups in total. The van der Waals surface area contributed by atoms with Crippen molar-refractivity contribution in [1.29, 1.82) is 0 Å². The zero-order chi connectivity index (χ0) is 28.6. The lowest BCUT2D eigenvalue weighted by atomic mass is 10.1. The maximum absolute atomic E-state index is 15.6. The number of hydrogen-bond acceptors (Lipinski definition) is 6. The van der Waals surface area contributed by atoms with E-state index in [0.29, 0.717) is 52.1 Å². The third-order valence-corrected chi connectivity index (χ3v) is 6.82. The molecule has 0 radical (unpaired) electrons. The maximum atomic E-state index is 15.6. The van der Waals surface area contributed by atoms with E-state index in [0.717, 1.165) is 12.1 Å². The molecular weight excluding hydrogens is 514 g/mol. The van der Waals surface area contributed by atoms with Gasteiger partial charge in [0.1, 0.15) is 17.3 Å². The van der Waals surface area contributed by atoms with Gasteiger partial charge in [0, 0.05) is 68.4 Å². The third-order valence-electron chi connectivity index (χ3n) is 6.82. The number of hydrogen-bond donors (Lipinski definition) is 3. The van der Waals surface area contributed by atoms with Gasteiger partial charge in [-0.3, -0.25) is 4.79 Å². The van der Waals surface area contributed by atoms with Crippen molar-refractivity contribution in [2.24, 2.45) is 7.05 Å². The molecule has 9 nitrogen and oxygen atoms in total. The number of nitrogens with zero attached hydrogens (tertiary/aromatic N) is 5. The lowest BCUT2D eigenvalue weighted by molar-refractivity contribution is -0.114. The van der Waals surface area contributed by atoms with Gasteiger partial charge in [0.05, 0.1) is 28.3 Å². The first-order chi connectivity index (χ1) is 19.2. The molecule has 5 rings (SSSR count). The Kier molecular flexibility index (Phi) is 7.40. The predicted molar refractivity (Wildman–Crippen MR) is 156 cm³/mol. The van der Waals surface area contributed by atoms with E-state index in [-0.39, 0.29) is 23.4 Å². The molecular formula is C29H32F2N8O. The summed E-state index contributed by atoms with van der Waals surface area (Å²) >= 11 is 0. The van der Waals surface area contributed by atoms with Crippen LogP contribution in [0, 0.1) is 11.6 Å². The van der Waals surface area contributed by atoms with Crippen LogP contribution in [0.25, 0.3) is 33.2 Å². The fourth-order valence-corrected chi connectivity index (χ4v) is 4.88. The van der Waals surface area contributed by atoms with Gasteiger partial charge in [-0.05, 0) is 45.3 Å². The minimum absolute atomic E-state index is 0.0946. The molecule has 0 saturated heterocycles. The first kappa shape index (κ1) is 27.1. The van der Waals surface area contributed by atoms with E-state index in [1.807, 2.05) is 60.8 Å². The standard InChI is InChI=1S/C29H32F2N8O/c1-6-39(13-12-37(3)4)25-14-21(31)22(15-23(25)33-17(2)40)34-29-35-27(18-10-11-32-28(18)36-29)19-16-38(5)24-9-7-8-20(30)26(19)24/h7-11,14-16H,6,12-13H2,1-5H3,(H,33,40)(H2,32,34,35,36). The number of aromatic nitrogens is 4. The van der Waals surface area contributed by atoms with Crippen LogP contribution in [0.2, 0.25) is 0 Å². The topological polar surface area (TPSA) is 94.1 Å². The molecule has 0 aliphatic heterocycles. The molecule has 1 amide bonds. The number of nitrogens with one attached hydrogen (secondary N) is 3. The largest absolute Gasteiger partial charge is 0.369 e. The van der Waals surface area contributed by atoms with Crippen molar-refractivity contribution in [2.45, 2.75) is 13.8 Å².